The highest BCUT2D eigenvalue weighted by atomic mass is 16.2. The van der Waals surface area contributed by atoms with Gasteiger partial charge >= 0.3 is 6.03 Å². The number of amides is 2. The van der Waals surface area contributed by atoms with Crippen LogP contribution in [-0.2, 0) is 6.54 Å². The Morgan fingerprint density at radius 1 is 1.07 bits per heavy atom. The Labute approximate surface area is 157 Å². The first-order valence-electron chi connectivity index (χ1n) is 9.11. The third kappa shape index (κ3) is 3.69. The molecule has 1 aliphatic heterocycles. The quantitative estimate of drug-likeness (QED) is 0.765. The van der Waals surface area contributed by atoms with Crippen LogP contribution in [0.4, 0.5) is 10.5 Å². The van der Waals surface area contributed by atoms with E-state index in [9.17, 15) is 4.79 Å². The van der Waals surface area contributed by atoms with Crippen LogP contribution in [0.3, 0.4) is 0 Å². The number of benzene rings is 1. The van der Waals surface area contributed by atoms with Crippen molar-refractivity contribution in [1.82, 2.24) is 30.0 Å². The minimum Gasteiger partial charge on any atom is -0.367 e. The fourth-order valence-corrected chi connectivity index (χ4v) is 3.23. The molecule has 1 aliphatic rings. The maximum absolute atomic E-state index is 12.4. The summed E-state index contributed by atoms with van der Waals surface area (Å²) in [5.74, 6) is 0.770. The van der Waals surface area contributed by atoms with E-state index in [1.807, 2.05) is 36.2 Å². The summed E-state index contributed by atoms with van der Waals surface area (Å²) in [6.45, 7) is 7.37. The fourth-order valence-electron chi connectivity index (χ4n) is 3.23. The van der Waals surface area contributed by atoms with Gasteiger partial charge in [-0.1, -0.05) is 29.8 Å². The van der Waals surface area contributed by atoms with Crippen LogP contribution in [0.5, 0.6) is 0 Å². The van der Waals surface area contributed by atoms with Gasteiger partial charge < -0.3 is 15.1 Å². The lowest BCUT2D eigenvalue weighted by Crippen LogP contribution is -2.51. The average Bonchev–Trinajstić information content (AvgIpc) is 3.08. The normalized spacial score (nSPS) is 14.6. The summed E-state index contributed by atoms with van der Waals surface area (Å²) in [6.07, 6.45) is 1.83. The number of hydrogen-bond acceptors (Lipinski definition) is 5. The van der Waals surface area contributed by atoms with E-state index in [1.54, 1.807) is 4.52 Å². The molecule has 1 saturated heterocycles. The number of piperazine rings is 1. The van der Waals surface area contributed by atoms with Gasteiger partial charge in [-0.05, 0) is 19.4 Å². The van der Waals surface area contributed by atoms with E-state index >= 15 is 0 Å². The highest BCUT2D eigenvalue weighted by Crippen LogP contribution is 2.17. The molecule has 2 aromatic heterocycles. The zero-order chi connectivity index (χ0) is 18.8. The molecule has 0 atom stereocenters. The number of aromatic nitrogens is 4. The number of rotatable bonds is 3. The number of fused-ring (bicyclic) bond motifs is 1. The Balaban J connectivity index is 1.32. The predicted octanol–water partition coefficient (Wildman–Crippen LogP) is 1.77. The zero-order valence-corrected chi connectivity index (χ0v) is 15.6. The highest BCUT2D eigenvalue weighted by Gasteiger charge is 2.21. The molecule has 8 heteroatoms. The molecule has 0 aliphatic carbocycles. The van der Waals surface area contributed by atoms with Gasteiger partial charge in [0.15, 0.2) is 11.5 Å². The molecule has 0 radical (unpaired) electrons. The molecular formula is C19H23N7O. The third-order valence-electron chi connectivity index (χ3n) is 4.90. The first kappa shape index (κ1) is 17.3. The molecule has 2 amide bonds. The van der Waals surface area contributed by atoms with Gasteiger partial charge in [-0.3, -0.25) is 0 Å². The standard InChI is InChI=1S/C19H23N7O/c1-14-3-5-16(6-4-14)12-20-19(27)25-9-7-24(8-10-25)17-11-18-23-22-15(2)26(18)21-13-17/h3-6,11,13H,7-10,12H2,1-2H3,(H,20,27). The van der Waals surface area contributed by atoms with Crippen molar-refractivity contribution < 1.29 is 4.79 Å². The van der Waals surface area contributed by atoms with Crippen molar-refractivity contribution in [2.45, 2.75) is 20.4 Å². The molecule has 0 saturated carbocycles. The second-order valence-electron chi connectivity index (χ2n) is 6.85. The summed E-state index contributed by atoms with van der Waals surface area (Å²) in [6, 6.07) is 10.2. The first-order chi connectivity index (χ1) is 13.1. The molecule has 1 aromatic carbocycles. The molecule has 4 rings (SSSR count). The second kappa shape index (κ2) is 7.22. The molecule has 3 heterocycles. The fraction of sp³-hybridized carbons (Fsp3) is 0.368. The zero-order valence-electron chi connectivity index (χ0n) is 15.6. The summed E-state index contributed by atoms with van der Waals surface area (Å²) in [4.78, 5) is 16.5. The van der Waals surface area contributed by atoms with E-state index in [0.717, 1.165) is 35.8 Å². The van der Waals surface area contributed by atoms with Crippen LogP contribution >= 0.6 is 0 Å². The molecule has 0 spiro atoms. The molecular weight excluding hydrogens is 342 g/mol. The van der Waals surface area contributed by atoms with Gasteiger partial charge in [-0.2, -0.15) is 9.61 Å². The van der Waals surface area contributed by atoms with Crippen LogP contribution in [0.1, 0.15) is 17.0 Å². The molecule has 0 bridgehead atoms. The van der Waals surface area contributed by atoms with Gasteiger partial charge in [0.1, 0.15) is 0 Å². The monoisotopic (exact) mass is 365 g/mol. The summed E-state index contributed by atoms with van der Waals surface area (Å²) >= 11 is 0. The van der Waals surface area contributed by atoms with Gasteiger partial charge in [0.05, 0.1) is 11.9 Å². The Kier molecular flexibility index (Phi) is 4.62. The van der Waals surface area contributed by atoms with Gasteiger partial charge in [0.25, 0.3) is 0 Å². The van der Waals surface area contributed by atoms with E-state index in [4.69, 9.17) is 0 Å². The Morgan fingerprint density at radius 3 is 2.56 bits per heavy atom. The van der Waals surface area contributed by atoms with E-state index in [2.05, 4.69) is 44.6 Å². The molecule has 140 valence electrons. The van der Waals surface area contributed by atoms with Crippen molar-refractivity contribution >= 4 is 17.4 Å². The Hall–Kier alpha value is -3.16. The molecule has 1 N–H and O–H groups in total. The van der Waals surface area contributed by atoms with Crippen LogP contribution in [0.2, 0.25) is 0 Å². The van der Waals surface area contributed by atoms with Gasteiger partial charge in [-0.25, -0.2) is 4.79 Å². The van der Waals surface area contributed by atoms with Crippen molar-refractivity contribution in [1.29, 1.82) is 0 Å². The van der Waals surface area contributed by atoms with Crippen LogP contribution in [0.25, 0.3) is 5.65 Å². The Bertz CT molecular complexity index is 942. The van der Waals surface area contributed by atoms with Crippen LogP contribution in [-0.4, -0.2) is 56.9 Å². The molecule has 8 nitrogen and oxygen atoms in total. The smallest absolute Gasteiger partial charge is 0.317 e. The van der Waals surface area contributed by atoms with E-state index in [1.165, 1.54) is 5.56 Å². The second-order valence-corrected chi connectivity index (χ2v) is 6.85. The lowest BCUT2D eigenvalue weighted by atomic mass is 10.1. The lowest BCUT2D eigenvalue weighted by molar-refractivity contribution is 0.194. The molecule has 27 heavy (non-hydrogen) atoms. The number of urea groups is 1. The molecule has 0 unspecified atom stereocenters. The van der Waals surface area contributed by atoms with Crippen molar-refractivity contribution in [2.75, 3.05) is 31.1 Å². The van der Waals surface area contributed by atoms with E-state index in [-0.39, 0.29) is 6.03 Å². The van der Waals surface area contributed by atoms with E-state index < -0.39 is 0 Å². The third-order valence-corrected chi connectivity index (χ3v) is 4.90. The number of carbonyl (C=O) groups is 1. The molecule has 1 fully saturated rings. The van der Waals surface area contributed by atoms with E-state index in [0.29, 0.717) is 19.6 Å². The number of anilines is 1. The molecule has 3 aromatic rings. The maximum atomic E-state index is 12.4. The maximum Gasteiger partial charge on any atom is 0.317 e. The van der Waals surface area contributed by atoms with Crippen LogP contribution in [0, 0.1) is 13.8 Å². The topological polar surface area (TPSA) is 78.7 Å². The van der Waals surface area contributed by atoms with Crippen LogP contribution < -0.4 is 10.2 Å². The van der Waals surface area contributed by atoms with Gasteiger partial charge in [-0.15, -0.1) is 10.2 Å². The summed E-state index contributed by atoms with van der Waals surface area (Å²) < 4.78 is 1.72. The first-order valence-corrected chi connectivity index (χ1v) is 9.11. The number of carbonyl (C=O) groups excluding carboxylic acids is 1. The number of hydrogen-bond donors (Lipinski definition) is 1. The van der Waals surface area contributed by atoms with Crippen LogP contribution in [0.15, 0.2) is 36.5 Å². The lowest BCUT2D eigenvalue weighted by Gasteiger charge is -2.35. The Morgan fingerprint density at radius 2 is 1.81 bits per heavy atom. The number of aryl methyl sites for hydroxylation is 2. The van der Waals surface area contributed by atoms with Crippen molar-refractivity contribution in [2.24, 2.45) is 0 Å². The minimum absolute atomic E-state index is 0.0168. The van der Waals surface area contributed by atoms with Crippen molar-refractivity contribution in [3.63, 3.8) is 0 Å². The van der Waals surface area contributed by atoms with Crippen molar-refractivity contribution in [3.05, 3.63) is 53.5 Å². The predicted molar refractivity (Wildman–Crippen MR) is 103 cm³/mol. The summed E-state index contributed by atoms with van der Waals surface area (Å²) in [7, 11) is 0. The summed E-state index contributed by atoms with van der Waals surface area (Å²) in [5, 5.41) is 15.6. The van der Waals surface area contributed by atoms with Crippen molar-refractivity contribution in [3.8, 4) is 0 Å². The summed E-state index contributed by atoms with van der Waals surface area (Å²) in [5.41, 5.74) is 4.07. The minimum atomic E-state index is -0.0168. The average molecular weight is 365 g/mol. The highest BCUT2D eigenvalue weighted by molar-refractivity contribution is 5.74. The number of nitrogens with one attached hydrogen (secondary N) is 1. The largest absolute Gasteiger partial charge is 0.367 e. The van der Waals surface area contributed by atoms with Gasteiger partial charge in [0, 0.05) is 38.8 Å². The number of nitrogens with zero attached hydrogens (tertiary/aromatic N) is 6. The van der Waals surface area contributed by atoms with Gasteiger partial charge in [0.2, 0.25) is 0 Å². The SMILES string of the molecule is Cc1ccc(CNC(=O)N2CCN(c3cnn4c(C)nnc4c3)CC2)cc1.